The van der Waals surface area contributed by atoms with Gasteiger partial charge < -0.3 is 4.42 Å². The van der Waals surface area contributed by atoms with Crippen LogP contribution in [0.5, 0.6) is 0 Å². The summed E-state index contributed by atoms with van der Waals surface area (Å²) in [5, 5.41) is 13.1. The van der Waals surface area contributed by atoms with Gasteiger partial charge in [-0.3, -0.25) is 14.9 Å². The lowest BCUT2D eigenvalue weighted by molar-refractivity contribution is -0.384. The summed E-state index contributed by atoms with van der Waals surface area (Å²) >= 11 is 1.42. The smallest absolute Gasteiger partial charge is 0.269 e. The molecule has 0 bridgehead atoms. The van der Waals surface area contributed by atoms with E-state index in [0.29, 0.717) is 17.0 Å². The van der Waals surface area contributed by atoms with E-state index >= 15 is 0 Å². The van der Waals surface area contributed by atoms with Gasteiger partial charge in [0.1, 0.15) is 0 Å². The van der Waals surface area contributed by atoms with Gasteiger partial charge >= 0.3 is 0 Å². The van der Waals surface area contributed by atoms with Crippen molar-refractivity contribution in [3.05, 3.63) is 75.5 Å². The first-order chi connectivity index (χ1) is 11.1. The first-order valence-corrected chi connectivity index (χ1v) is 7.48. The SMILES string of the molecule is O=C(/C=C/c1csc(-c2ccco2)n1)c1ccc([N+](=O)[O-])cc1. The van der Waals surface area contributed by atoms with Crippen LogP contribution in [0.3, 0.4) is 0 Å². The summed E-state index contributed by atoms with van der Waals surface area (Å²) in [4.78, 5) is 26.5. The highest BCUT2D eigenvalue weighted by Gasteiger charge is 2.08. The molecule has 0 aliphatic carbocycles. The molecule has 7 heteroatoms. The monoisotopic (exact) mass is 326 g/mol. The summed E-state index contributed by atoms with van der Waals surface area (Å²) in [6.45, 7) is 0. The molecule has 0 atom stereocenters. The lowest BCUT2D eigenvalue weighted by atomic mass is 10.1. The van der Waals surface area contributed by atoms with Crippen LogP contribution >= 0.6 is 11.3 Å². The predicted octanol–water partition coefficient (Wildman–Crippen LogP) is 4.21. The number of carbonyl (C=O) groups excluding carboxylic acids is 1. The Kier molecular flexibility index (Phi) is 4.11. The van der Waals surface area contributed by atoms with Gasteiger partial charge in [0.25, 0.3) is 5.69 Å². The van der Waals surface area contributed by atoms with Crippen LogP contribution in [0.25, 0.3) is 16.8 Å². The molecule has 0 radical (unpaired) electrons. The summed E-state index contributed by atoms with van der Waals surface area (Å²) < 4.78 is 5.26. The topological polar surface area (TPSA) is 86.2 Å². The summed E-state index contributed by atoms with van der Waals surface area (Å²) in [5.41, 5.74) is 0.984. The number of aromatic nitrogens is 1. The van der Waals surface area contributed by atoms with Crippen LogP contribution in [0.1, 0.15) is 16.1 Å². The highest BCUT2D eigenvalue weighted by Crippen LogP contribution is 2.24. The molecule has 0 amide bonds. The molecular formula is C16H10N2O4S. The molecular weight excluding hydrogens is 316 g/mol. The van der Waals surface area contributed by atoms with Crippen LogP contribution in [0.2, 0.25) is 0 Å². The van der Waals surface area contributed by atoms with Crippen LogP contribution in [0.15, 0.2) is 58.5 Å². The van der Waals surface area contributed by atoms with Crippen molar-refractivity contribution in [2.45, 2.75) is 0 Å². The Morgan fingerprint density at radius 1 is 1.26 bits per heavy atom. The van der Waals surface area contributed by atoms with Crippen LogP contribution in [-0.2, 0) is 0 Å². The van der Waals surface area contributed by atoms with Crippen LogP contribution < -0.4 is 0 Å². The van der Waals surface area contributed by atoms with E-state index in [4.69, 9.17) is 4.42 Å². The molecule has 23 heavy (non-hydrogen) atoms. The molecule has 0 N–H and O–H groups in total. The Morgan fingerprint density at radius 2 is 2.04 bits per heavy atom. The van der Waals surface area contributed by atoms with Crippen LogP contribution in [0.4, 0.5) is 5.69 Å². The number of allylic oxidation sites excluding steroid dienone is 1. The molecule has 1 aromatic carbocycles. The van der Waals surface area contributed by atoms with E-state index in [9.17, 15) is 14.9 Å². The third-order valence-electron chi connectivity index (χ3n) is 3.02. The normalized spacial score (nSPS) is 11.0. The van der Waals surface area contributed by atoms with Crippen LogP contribution in [0, 0.1) is 10.1 Å². The first-order valence-electron chi connectivity index (χ1n) is 6.60. The molecule has 0 aliphatic rings. The van der Waals surface area contributed by atoms with E-state index in [1.807, 2.05) is 11.4 Å². The number of hydrogen-bond donors (Lipinski definition) is 0. The Labute approximate surface area is 134 Å². The van der Waals surface area contributed by atoms with Gasteiger partial charge in [-0.05, 0) is 36.4 Å². The zero-order valence-corrected chi connectivity index (χ0v) is 12.5. The van der Waals surface area contributed by atoms with Gasteiger partial charge in [-0.25, -0.2) is 4.98 Å². The average molecular weight is 326 g/mol. The molecule has 0 saturated carbocycles. The number of hydrogen-bond acceptors (Lipinski definition) is 6. The van der Waals surface area contributed by atoms with Crippen molar-refractivity contribution < 1.29 is 14.1 Å². The van der Waals surface area contributed by atoms with Crippen molar-refractivity contribution in [3.8, 4) is 10.8 Å². The lowest BCUT2D eigenvalue weighted by Crippen LogP contribution is -1.95. The molecule has 2 heterocycles. The quantitative estimate of drug-likeness (QED) is 0.303. The summed E-state index contributed by atoms with van der Waals surface area (Å²) in [7, 11) is 0. The van der Waals surface area contributed by atoms with E-state index in [0.717, 1.165) is 5.01 Å². The number of ketones is 1. The number of rotatable bonds is 5. The summed E-state index contributed by atoms with van der Waals surface area (Å²) in [6.07, 6.45) is 4.57. The zero-order valence-electron chi connectivity index (χ0n) is 11.7. The van der Waals surface area contributed by atoms with Crippen molar-refractivity contribution in [1.29, 1.82) is 0 Å². The molecule has 0 unspecified atom stereocenters. The molecule has 3 aromatic rings. The first kappa shape index (κ1) is 14.9. The Morgan fingerprint density at radius 3 is 2.70 bits per heavy atom. The maximum atomic E-state index is 12.0. The van der Waals surface area contributed by atoms with E-state index < -0.39 is 4.92 Å². The number of nitrogens with zero attached hydrogens (tertiary/aromatic N) is 2. The third kappa shape index (κ3) is 3.41. The average Bonchev–Trinajstić information content (AvgIpc) is 3.23. The minimum atomic E-state index is -0.504. The molecule has 0 fully saturated rings. The Hall–Kier alpha value is -3.06. The van der Waals surface area contributed by atoms with Gasteiger partial charge in [0.15, 0.2) is 16.6 Å². The second-order valence-corrected chi connectivity index (χ2v) is 5.41. The number of non-ortho nitro benzene ring substituents is 1. The maximum Gasteiger partial charge on any atom is 0.269 e. The van der Waals surface area contributed by atoms with Gasteiger partial charge in [-0.2, -0.15) is 0 Å². The number of furan rings is 1. The van der Waals surface area contributed by atoms with Crippen molar-refractivity contribution >= 4 is 28.9 Å². The fraction of sp³-hybridized carbons (Fsp3) is 0. The van der Waals surface area contributed by atoms with Crippen molar-refractivity contribution in [2.75, 3.05) is 0 Å². The fourth-order valence-corrected chi connectivity index (χ4v) is 2.63. The number of benzene rings is 1. The van der Waals surface area contributed by atoms with Gasteiger partial charge in [0.2, 0.25) is 0 Å². The molecule has 114 valence electrons. The lowest BCUT2D eigenvalue weighted by Gasteiger charge is -1.95. The van der Waals surface area contributed by atoms with Gasteiger partial charge in [0.05, 0.1) is 16.9 Å². The molecule has 0 spiro atoms. The zero-order chi connectivity index (χ0) is 16.2. The number of carbonyl (C=O) groups is 1. The van der Waals surface area contributed by atoms with Crippen molar-refractivity contribution in [3.63, 3.8) is 0 Å². The van der Waals surface area contributed by atoms with Crippen LogP contribution in [-0.4, -0.2) is 15.7 Å². The molecule has 3 rings (SSSR count). The fourth-order valence-electron chi connectivity index (χ4n) is 1.88. The molecule has 2 aromatic heterocycles. The summed E-state index contributed by atoms with van der Waals surface area (Å²) in [5.74, 6) is 0.434. The maximum absolute atomic E-state index is 12.0. The largest absolute Gasteiger partial charge is 0.462 e. The highest BCUT2D eigenvalue weighted by atomic mass is 32.1. The summed E-state index contributed by atoms with van der Waals surface area (Å²) in [6, 6.07) is 9.07. The van der Waals surface area contributed by atoms with E-state index in [-0.39, 0.29) is 11.5 Å². The number of thiazole rings is 1. The Bertz CT molecular complexity index is 864. The predicted molar refractivity (Wildman–Crippen MR) is 86.3 cm³/mol. The number of nitro benzene ring substituents is 1. The van der Waals surface area contributed by atoms with Gasteiger partial charge in [0, 0.05) is 23.1 Å². The second kappa shape index (κ2) is 6.37. The number of nitro groups is 1. The van der Waals surface area contributed by atoms with E-state index in [2.05, 4.69) is 4.98 Å². The van der Waals surface area contributed by atoms with Crippen molar-refractivity contribution in [1.82, 2.24) is 4.98 Å². The molecule has 6 nitrogen and oxygen atoms in total. The Balaban J connectivity index is 1.72. The highest BCUT2D eigenvalue weighted by molar-refractivity contribution is 7.13. The second-order valence-electron chi connectivity index (χ2n) is 4.56. The standard InChI is InChI=1S/C16H10N2O4S/c19-14(11-3-6-13(7-4-11)18(20)21)8-5-12-10-23-16(17-12)15-2-1-9-22-15/h1-10H/b8-5+. The molecule has 0 saturated heterocycles. The minimum Gasteiger partial charge on any atom is -0.462 e. The van der Waals surface area contributed by atoms with Gasteiger partial charge in [-0.15, -0.1) is 11.3 Å². The van der Waals surface area contributed by atoms with E-state index in [1.54, 1.807) is 18.4 Å². The van der Waals surface area contributed by atoms with Crippen molar-refractivity contribution in [2.24, 2.45) is 0 Å². The van der Waals surface area contributed by atoms with Gasteiger partial charge in [-0.1, -0.05) is 0 Å². The van der Waals surface area contributed by atoms with E-state index in [1.165, 1.54) is 41.7 Å². The minimum absolute atomic E-state index is 0.0480. The molecule has 0 aliphatic heterocycles. The third-order valence-corrected chi connectivity index (χ3v) is 3.90.